The van der Waals surface area contributed by atoms with E-state index in [9.17, 15) is 8.78 Å². The molecule has 1 atom stereocenters. The molecule has 2 aromatic rings. The molecule has 0 aliphatic carbocycles. The fourth-order valence-electron chi connectivity index (χ4n) is 2.06. The number of aromatic nitrogens is 2. The maximum absolute atomic E-state index is 13.4. The van der Waals surface area contributed by atoms with Crippen molar-refractivity contribution in [2.75, 3.05) is 7.05 Å². The summed E-state index contributed by atoms with van der Waals surface area (Å²) in [6.07, 6.45) is 0. The van der Waals surface area contributed by atoms with Crippen molar-refractivity contribution >= 4 is 29.9 Å². The molecule has 2 rings (SSSR count). The van der Waals surface area contributed by atoms with Crippen molar-refractivity contribution in [2.45, 2.75) is 45.7 Å². The van der Waals surface area contributed by atoms with E-state index in [1.54, 1.807) is 7.05 Å². The second-order valence-electron chi connectivity index (χ2n) is 6.73. The number of benzene rings is 1. The Bertz CT molecular complexity index is 758. The lowest BCUT2D eigenvalue weighted by Crippen LogP contribution is -2.38. The molecule has 1 aromatic carbocycles. The molecule has 1 unspecified atom stereocenters. The molecule has 26 heavy (non-hydrogen) atoms. The zero-order chi connectivity index (χ0) is 18.6. The number of aliphatic imine (C=N–C) groups is 1. The molecule has 6 nitrogen and oxygen atoms in total. The Morgan fingerprint density at radius 1 is 1.27 bits per heavy atom. The van der Waals surface area contributed by atoms with Crippen molar-refractivity contribution in [2.24, 2.45) is 4.99 Å². The van der Waals surface area contributed by atoms with Gasteiger partial charge in [0.2, 0.25) is 5.89 Å². The number of halogens is 3. The normalized spacial score (nSPS) is 13.1. The van der Waals surface area contributed by atoms with E-state index in [0.29, 0.717) is 29.8 Å². The van der Waals surface area contributed by atoms with E-state index >= 15 is 0 Å². The lowest BCUT2D eigenvalue weighted by molar-refractivity contribution is 0.318. The minimum absolute atomic E-state index is 0. The molecule has 9 heteroatoms. The Kier molecular flexibility index (Phi) is 7.91. The SMILES string of the molecule is CN=C(NCc1noc(C(C)(C)C)n1)NC(C)c1ccc(F)c(F)c1.I. The quantitative estimate of drug-likeness (QED) is 0.398. The van der Waals surface area contributed by atoms with Gasteiger partial charge in [0.1, 0.15) is 0 Å². The predicted molar refractivity (Wildman–Crippen MR) is 107 cm³/mol. The Hall–Kier alpha value is -1.78. The van der Waals surface area contributed by atoms with Gasteiger partial charge in [-0.3, -0.25) is 4.99 Å². The molecule has 0 saturated carbocycles. The van der Waals surface area contributed by atoms with Gasteiger partial charge in [-0.05, 0) is 24.6 Å². The fraction of sp³-hybridized carbons (Fsp3) is 0.471. The van der Waals surface area contributed by atoms with Crippen LogP contribution < -0.4 is 10.6 Å². The standard InChI is InChI=1S/C17H23F2N5O.HI/c1-10(11-6-7-12(18)13(19)8-11)22-16(20-5)21-9-14-23-15(25-24-14)17(2,3)4;/h6-8,10H,9H2,1-5H3,(H2,20,21,22);1H. The average Bonchev–Trinajstić information content (AvgIpc) is 3.03. The largest absolute Gasteiger partial charge is 0.350 e. The van der Waals surface area contributed by atoms with Crippen LogP contribution in [0.1, 0.15) is 51.0 Å². The lowest BCUT2D eigenvalue weighted by atomic mass is 9.97. The number of hydrogen-bond acceptors (Lipinski definition) is 4. The summed E-state index contributed by atoms with van der Waals surface area (Å²) in [4.78, 5) is 8.44. The van der Waals surface area contributed by atoms with Crippen molar-refractivity contribution in [3.63, 3.8) is 0 Å². The summed E-state index contributed by atoms with van der Waals surface area (Å²) in [5, 5.41) is 10.1. The van der Waals surface area contributed by atoms with Gasteiger partial charge in [0, 0.05) is 12.5 Å². The van der Waals surface area contributed by atoms with Gasteiger partial charge in [-0.25, -0.2) is 8.78 Å². The summed E-state index contributed by atoms with van der Waals surface area (Å²) in [6.45, 7) is 8.11. The highest BCUT2D eigenvalue weighted by molar-refractivity contribution is 14.0. The summed E-state index contributed by atoms with van der Waals surface area (Å²) >= 11 is 0. The fourth-order valence-corrected chi connectivity index (χ4v) is 2.06. The lowest BCUT2D eigenvalue weighted by Gasteiger charge is -2.18. The second kappa shape index (κ2) is 9.24. The van der Waals surface area contributed by atoms with E-state index in [2.05, 4.69) is 25.8 Å². The van der Waals surface area contributed by atoms with Crippen LogP contribution in [0.15, 0.2) is 27.7 Å². The first kappa shape index (κ1) is 22.3. The van der Waals surface area contributed by atoms with Gasteiger partial charge in [0.25, 0.3) is 0 Å². The molecule has 0 radical (unpaired) electrons. The molecular weight excluding hydrogens is 455 g/mol. The minimum atomic E-state index is -0.879. The first-order valence-electron chi connectivity index (χ1n) is 7.96. The summed E-state index contributed by atoms with van der Waals surface area (Å²) in [5.41, 5.74) is 0.392. The van der Waals surface area contributed by atoms with Crippen molar-refractivity contribution in [1.29, 1.82) is 0 Å². The molecule has 2 N–H and O–H groups in total. The molecule has 0 bridgehead atoms. The molecule has 0 saturated heterocycles. The van der Waals surface area contributed by atoms with E-state index in [1.807, 2.05) is 27.7 Å². The predicted octanol–water partition coefficient (Wildman–Crippen LogP) is 3.69. The summed E-state index contributed by atoms with van der Waals surface area (Å²) in [6, 6.07) is 3.52. The first-order valence-corrected chi connectivity index (χ1v) is 7.96. The molecule has 0 fully saturated rings. The van der Waals surface area contributed by atoms with Gasteiger partial charge in [0.05, 0.1) is 12.6 Å². The molecule has 0 amide bonds. The Morgan fingerprint density at radius 2 is 1.96 bits per heavy atom. The third kappa shape index (κ3) is 5.89. The van der Waals surface area contributed by atoms with Crippen LogP contribution in [0, 0.1) is 11.6 Å². The van der Waals surface area contributed by atoms with Crippen molar-refractivity contribution < 1.29 is 13.3 Å². The van der Waals surface area contributed by atoms with Gasteiger partial charge < -0.3 is 15.2 Å². The number of nitrogens with one attached hydrogen (secondary N) is 2. The molecular formula is C17H24F2IN5O. The van der Waals surface area contributed by atoms with E-state index in [1.165, 1.54) is 6.07 Å². The molecule has 0 aliphatic heterocycles. The molecule has 0 aliphatic rings. The topological polar surface area (TPSA) is 75.3 Å². The molecule has 1 heterocycles. The van der Waals surface area contributed by atoms with Crippen LogP contribution in [-0.4, -0.2) is 23.1 Å². The molecule has 144 valence electrons. The number of rotatable bonds is 4. The maximum atomic E-state index is 13.4. The van der Waals surface area contributed by atoms with E-state index < -0.39 is 11.6 Å². The van der Waals surface area contributed by atoms with Crippen molar-refractivity contribution in [1.82, 2.24) is 20.8 Å². The van der Waals surface area contributed by atoms with Crippen LogP contribution in [-0.2, 0) is 12.0 Å². The van der Waals surface area contributed by atoms with Crippen LogP contribution in [0.5, 0.6) is 0 Å². The highest BCUT2D eigenvalue weighted by Crippen LogP contribution is 2.19. The number of hydrogen-bond donors (Lipinski definition) is 2. The highest BCUT2D eigenvalue weighted by Gasteiger charge is 2.21. The minimum Gasteiger partial charge on any atom is -0.350 e. The van der Waals surface area contributed by atoms with E-state index in [0.717, 1.165) is 12.1 Å². The maximum Gasteiger partial charge on any atom is 0.232 e. The monoisotopic (exact) mass is 479 g/mol. The van der Waals surface area contributed by atoms with Gasteiger partial charge in [-0.15, -0.1) is 24.0 Å². The number of nitrogens with zero attached hydrogens (tertiary/aromatic N) is 3. The Labute approximate surface area is 168 Å². The summed E-state index contributed by atoms with van der Waals surface area (Å²) in [7, 11) is 1.62. The van der Waals surface area contributed by atoms with Crippen molar-refractivity contribution in [3.05, 3.63) is 47.1 Å². The van der Waals surface area contributed by atoms with Crippen LogP contribution >= 0.6 is 24.0 Å². The second-order valence-corrected chi connectivity index (χ2v) is 6.73. The highest BCUT2D eigenvalue weighted by atomic mass is 127. The Balaban J connectivity index is 0.00000338. The third-order valence-electron chi connectivity index (χ3n) is 3.54. The van der Waals surface area contributed by atoms with Gasteiger partial charge in [0.15, 0.2) is 23.4 Å². The molecule has 1 aromatic heterocycles. The summed E-state index contributed by atoms with van der Waals surface area (Å²) in [5.74, 6) is -0.198. The first-order chi connectivity index (χ1) is 11.7. The van der Waals surface area contributed by atoms with Crippen LogP contribution in [0.2, 0.25) is 0 Å². The van der Waals surface area contributed by atoms with E-state index in [-0.39, 0.29) is 35.4 Å². The van der Waals surface area contributed by atoms with Gasteiger partial charge >= 0.3 is 0 Å². The molecule has 0 spiro atoms. The summed E-state index contributed by atoms with van der Waals surface area (Å²) < 4.78 is 31.6. The Morgan fingerprint density at radius 3 is 2.50 bits per heavy atom. The van der Waals surface area contributed by atoms with Gasteiger partial charge in [-0.1, -0.05) is 32.0 Å². The zero-order valence-corrected chi connectivity index (χ0v) is 17.8. The van der Waals surface area contributed by atoms with E-state index in [4.69, 9.17) is 4.52 Å². The third-order valence-corrected chi connectivity index (χ3v) is 3.54. The van der Waals surface area contributed by atoms with Gasteiger partial charge in [-0.2, -0.15) is 4.98 Å². The van der Waals surface area contributed by atoms with Crippen LogP contribution in [0.25, 0.3) is 0 Å². The smallest absolute Gasteiger partial charge is 0.232 e. The van der Waals surface area contributed by atoms with Crippen LogP contribution in [0.4, 0.5) is 8.78 Å². The van der Waals surface area contributed by atoms with Crippen molar-refractivity contribution in [3.8, 4) is 0 Å². The number of guanidine groups is 1. The zero-order valence-electron chi connectivity index (χ0n) is 15.4. The van der Waals surface area contributed by atoms with Crippen LogP contribution in [0.3, 0.4) is 0 Å². The average molecular weight is 479 g/mol.